The van der Waals surface area contributed by atoms with Crippen molar-refractivity contribution in [1.29, 1.82) is 0 Å². The van der Waals surface area contributed by atoms with Crippen molar-refractivity contribution in [3.63, 3.8) is 0 Å². The largest absolute Gasteiger partial charge is 0.373 e. The minimum Gasteiger partial charge on any atom is -0.373 e. The van der Waals surface area contributed by atoms with E-state index in [4.69, 9.17) is 5.73 Å². The molecule has 1 heterocycles. The first kappa shape index (κ1) is 8.07. The van der Waals surface area contributed by atoms with Crippen molar-refractivity contribution in [3.8, 4) is 0 Å². The lowest BCUT2D eigenvalue weighted by Gasteiger charge is -2.01. The Morgan fingerprint density at radius 2 is 2.38 bits per heavy atom. The van der Waals surface area contributed by atoms with Gasteiger partial charge < -0.3 is 16.0 Å². The van der Waals surface area contributed by atoms with Gasteiger partial charge in [-0.2, -0.15) is 0 Å². The van der Waals surface area contributed by atoms with Gasteiger partial charge in [0.15, 0.2) is 0 Å². The number of hydrogen-bond donors (Lipinski definition) is 3. The Bertz CT molecular complexity index is 418. The Hall–Kier alpha value is -1.55. The molecule has 0 aliphatic carbocycles. The average molecular weight is 176 g/mol. The maximum absolute atomic E-state index is 5.37. The molecular formula is C9H12N4. The summed E-state index contributed by atoms with van der Waals surface area (Å²) in [5.74, 6) is 0.930. The molecule has 4 nitrogen and oxygen atoms in total. The van der Waals surface area contributed by atoms with Crippen molar-refractivity contribution < 1.29 is 0 Å². The van der Waals surface area contributed by atoms with Crippen LogP contribution in [-0.2, 0) is 0 Å². The molecule has 0 aliphatic heterocycles. The topological polar surface area (TPSA) is 66.7 Å². The summed E-state index contributed by atoms with van der Waals surface area (Å²) in [5.41, 5.74) is 8.41. The van der Waals surface area contributed by atoms with E-state index >= 15 is 0 Å². The lowest BCUT2D eigenvalue weighted by molar-refractivity contribution is 1.14. The van der Waals surface area contributed by atoms with Crippen molar-refractivity contribution in [2.24, 2.45) is 5.73 Å². The molecule has 0 radical (unpaired) electrons. The molecule has 2 rings (SSSR count). The summed E-state index contributed by atoms with van der Waals surface area (Å²) < 4.78 is 0. The number of rotatable bonds is 2. The molecule has 1 aromatic heterocycles. The van der Waals surface area contributed by atoms with Crippen LogP contribution in [0.15, 0.2) is 18.2 Å². The minimum atomic E-state index is 0.443. The maximum Gasteiger partial charge on any atom is 0.104 e. The Morgan fingerprint density at radius 3 is 3.15 bits per heavy atom. The number of nitrogens with one attached hydrogen (secondary N) is 2. The van der Waals surface area contributed by atoms with Crippen LogP contribution in [0.2, 0.25) is 0 Å². The number of aryl methyl sites for hydroxylation is 1. The second-order valence-corrected chi connectivity index (χ2v) is 2.94. The summed E-state index contributed by atoms with van der Waals surface area (Å²) in [7, 11) is 0. The molecule has 13 heavy (non-hydrogen) atoms. The van der Waals surface area contributed by atoms with Gasteiger partial charge in [0.05, 0.1) is 17.7 Å². The Balaban J connectivity index is 2.48. The quantitative estimate of drug-likeness (QED) is 0.602. The number of nitrogens with zero attached hydrogens (tertiary/aromatic N) is 1. The van der Waals surface area contributed by atoms with E-state index in [1.54, 1.807) is 0 Å². The van der Waals surface area contributed by atoms with E-state index in [9.17, 15) is 0 Å². The van der Waals surface area contributed by atoms with E-state index in [0.29, 0.717) is 6.67 Å². The molecule has 0 aliphatic rings. The number of anilines is 1. The van der Waals surface area contributed by atoms with Gasteiger partial charge in [-0.25, -0.2) is 4.98 Å². The van der Waals surface area contributed by atoms with Gasteiger partial charge in [0, 0.05) is 5.69 Å². The Kier molecular flexibility index (Phi) is 1.90. The van der Waals surface area contributed by atoms with Crippen molar-refractivity contribution >= 4 is 16.7 Å². The van der Waals surface area contributed by atoms with Crippen molar-refractivity contribution in [1.82, 2.24) is 9.97 Å². The van der Waals surface area contributed by atoms with Gasteiger partial charge in [0.25, 0.3) is 0 Å². The molecule has 4 heteroatoms. The highest BCUT2D eigenvalue weighted by Crippen LogP contribution is 2.16. The third-order valence-electron chi connectivity index (χ3n) is 1.91. The molecule has 4 N–H and O–H groups in total. The summed E-state index contributed by atoms with van der Waals surface area (Å²) in [4.78, 5) is 7.47. The molecule has 68 valence electrons. The highest BCUT2D eigenvalue weighted by molar-refractivity contribution is 5.79. The van der Waals surface area contributed by atoms with E-state index in [1.165, 1.54) is 0 Å². The molecule has 0 amide bonds. The number of fused-ring (bicyclic) bond motifs is 1. The van der Waals surface area contributed by atoms with Gasteiger partial charge in [-0.1, -0.05) is 0 Å². The average Bonchev–Trinajstić information content (AvgIpc) is 2.44. The normalized spacial score (nSPS) is 10.6. The van der Waals surface area contributed by atoms with Gasteiger partial charge >= 0.3 is 0 Å². The fourth-order valence-corrected chi connectivity index (χ4v) is 1.36. The third kappa shape index (κ3) is 1.48. The van der Waals surface area contributed by atoms with Crippen LogP contribution in [0.5, 0.6) is 0 Å². The monoisotopic (exact) mass is 176 g/mol. The van der Waals surface area contributed by atoms with Crippen LogP contribution >= 0.6 is 0 Å². The zero-order valence-electron chi connectivity index (χ0n) is 7.46. The van der Waals surface area contributed by atoms with Crippen LogP contribution < -0.4 is 11.1 Å². The molecule has 0 bridgehead atoms. The summed E-state index contributed by atoms with van der Waals surface area (Å²) in [6.45, 7) is 2.38. The van der Waals surface area contributed by atoms with Gasteiger partial charge in [0.2, 0.25) is 0 Å². The zero-order valence-corrected chi connectivity index (χ0v) is 7.46. The van der Waals surface area contributed by atoms with Crippen LogP contribution in [0.4, 0.5) is 5.69 Å². The lowest BCUT2D eigenvalue weighted by Crippen LogP contribution is -2.10. The van der Waals surface area contributed by atoms with Crippen LogP contribution in [0.25, 0.3) is 11.0 Å². The van der Waals surface area contributed by atoms with Crippen molar-refractivity contribution in [2.75, 3.05) is 12.0 Å². The molecule has 0 saturated carbocycles. The van der Waals surface area contributed by atoms with E-state index in [1.807, 2.05) is 25.1 Å². The lowest BCUT2D eigenvalue weighted by atomic mass is 10.3. The molecule has 0 saturated heterocycles. The molecular weight excluding hydrogens is 164 g/mol. The van der Waals surface area contributed by atoms with Crippen molar-refractivity contribution in [3.05, 3.63) is 24.0 Å². The second-order valence-electron chi connectivity index (χ2n) is 2.94. The Morgan fingerprint density at radius 1 is 1.54 bits per heavy atom. The van der Waals surface area contributed by atoms with Gasteiger partial charge in [-0.3, -0.25) is 0 Å². The number of aromatic amines is 1. The van der Waals surface area contributed by atoms with E-state index in [2.05, 4.69) is 15.3 Å². The van der Waals surface area contributed by atoms with Crippen LogP contribution in [0, 0.1) is 6.92 Å². The highest BCUT2D eigenvalue weighted by atomic mass is 15.0. The van der Waals surface area contributed by atoms with Crippen LogP contribution in [-0.4, -0.2) is 16.6 Å². The van der Waals surface area contributed by atoms with Crippen LogP contribution in [0.3, 0.4) is 0 Å². The summed E-state index contributed by atoms with van der Waals surface area (Å²) in [6.07, 6.45) is 0. The summed E-state index contributed by atoms with van der Waals surface area (Å²) in [6, 6.07) is 5.94. The molecule has 1 aromatic carbocycles. The smallest absolute Gasteiger partial charge is 0.104 e. The summed E-state index contributed by atoms with van der Waals surface area (Å²) >= 11 is 0. The molecule has 0 spiro atoms. The Labute approximate surface area is 76.2 Å². The third-order valence-corrected chi connectivity index (χ3v) is 1.91. The maximum atomic E-state index is 5.37. The van der Waals surface area contributed by atoms with Gasteiger partial charge in [-0.05, 0) is 25.1 Å². The van der Waals surface area contributed by atoms with E-state index < -0.39 is 0 Å². The molecule has 0 unspecified atom stereocenters. The molecule has 2 aromatic rings. The number of H-pyrrole nitrogens is 1. The highest BCUT2D eigenvalue weighted by Gasteiger charge is 1.99. The predicted octanol–water partition coefficient (Wildman–Crippen LogP) is 1.20. The standard InChI is InChI=1S/C9H12N4/c1-6-12-8-3-2-7(11-5-10)4-9(8)13-6/h2-4,11H,5,10H2,1H3,(H,12,13). The first-order chi connectivity index (χ1) is 6.29. The second kappa shape index (κ2) is 3.06. The fourth-order valence-electron chi connectivity index (χ4n) is 1.36. The number of hydrogen-bond acceptors (Lipinski definition) is 3. The molecule has 0 fully saturated rings. The number of imidazole rings is 1. The van der Waals surface area contributed by atoms with Crippen LogP contribution in [0.1, 0.15) is 5.82 Å². The SMILES string of the molecule is Cc1nc2ccc(NCN)cc2[nH]1. The predicted molar refractivity (Wildman–Crippen MR) is 53.5 cm³/mol. The summed E-state index contributed by atoms with van der Waals surface area (Å²) in [5, 5.41) is 3.04. The zero-order chi connectivity index (χ0) is 9.26. The van der Waals surface area contributed by atoms with E-state index in [-0.39, 0.29) is 0 Å². The van der Waals surface area contributed by atoms with Gasteiger partial charge in [-0.15, -0.1) is 0 Å². The fraction of sp³-hybridized carbons (Fsp3) is 0.222. The number of nitrogens with two attached hydrogens (primary N) is 1. The van der Waals surface area contributed by atoms with E-state index in [0.717, 1.165) is 22.5 Å². The molecule has 0 atom stereocenters. The minimum absolute atomic E-state index is 0.443. The van der Waals surface area contributed by atoms with Gasteiger partial charge in [0.1, 0.15) is 5.82 Å². The first-order valence-electron chi connectivity index (χ1n) is 4.20. The van der Waals surface area contributed by atoms with Crippen molar-refractivity contribution in [2.45, 2.75) is 6.92 Å². The number of benzene rings is 1. The number of aromatic nitrogens is 2. The first-order valence-corrected chi connectivity index (χ1v) is 4.20.